The molecule has 5 aromatic rings. The maximum absolute atomic E-state index is 14.6. The van der Waals surface area contributed by atoms with Gasteiger partial charge in [-0.1, -0.05) is 66.2 Å². The second-order valence-corrected chi connectivity index (χ2v) is 11.9. The lowest BCUT2D eigenvalue weighted by Crippen LogP contribution is -2.51. The molecule has 41 heavy (non-hydrogen) atoms. The number of amides is 1. The summed E-state index contributed by atoms with van der Waals surface area (Å²) >= 11 is 7.52. The van der Waals surface area contributed by atoms with Crippen molar-refractivity contribution in [1.29, 1.82) is 0 Å². The number of piperazine rings is 1. The highest BCUT2D eigenvalue weighted by atomic mass is 35.5. The molecule has 0 radical (unpaired) electrons. The number of carbonyl (C=O) groups is 1. The van der Waals surface area contributed by atoms with Crippen molar-refractivity contribution in [2.75, 3.05) is 31.1 Å². The lowest BCUT2D eigenvalue weighted by molar-refractivity contribution is -0.130. The van der Waals surface area contributed by atoms with E-state index in [1.807, 2.05) is 65.8 Å². The number of hydrogen-bond donors (Lipinski definition) is 0. The van der Waals surface area contributed by atoms with Crippen molar-refractivity contribution in [3.05, 3.63) is 88.7 Å². The third-order valence-electron chi connectivity index (χ3n) is 7.55. The van der Waals surface area contributed by atoms with Gasteiger partial charge in [-0.25, -0.2) is 9.37 Å². The van der Waals surface area contributed by atoms with Crippen LogP contribution in [0.15, 0.2) is 71.9 Å². The highest BCUT2D eigenvalue weighted by Gasteiger charge is 2.29. The minimum atomic E-state index is -0.335. The number of nitrogens with zero attached hydrogens (tertiary/aromatic N) is 6. The third kappa shape index (κ3) is 5.61. The van der Waals surface area contributed by atoms with Crippen LogP contribution in [-0.2, 0) is 11.3 Å². The van der Waals surface area contributed by atoms with Crippen LogP contribution >= 0.6 is 23.4 Å². The zero-order valence-electron chi connectivity index (χ0n) is 22.9. The number of anilines is 1. The number of aromatic nitrogens is 4. The number of benzene rings is 3. The number of halogens is 2. The first-order valence-electron chi connectivity index (χ1n) is 13.7. The second-order valence-electron chi connectivity index (χ2n) is 10.3. The lowest BCUT2D eigenvalue weighted by Gasteiger charge is -2.37. The zero-order chi connectivity index (χ0) is 28.5. The van der Waals surface area contributed by atoms with E-state index in [0.29, 0.717) is 53.0 Å². The zero-order valence-corrected chi connectivity index (χ0v) is 24.5. The van der Waals surface area contributed by atoms with Crippen LogP contribution in [0.3, 0.4) is 0 Å². The Labute approximate surface area is 247 Å². The highest BCUT2D eigenvalue weighted by molar-refractivity contribution is 8.00. The van der Waals surface area contributed by atoms with E-state index in [-0.39, 0.29) is 17.0 Å². The van der Waals surface area contributed by atoms with E-state index in [9.17, 15) is 9.18 Å². The SMILES string of the molecule is CCC(Sc1nnc2c3cc(C)ccc3n(Cc3ccccc3F)c2n1)C(=O)N1CCN(c2cccc(Cl)c2)CC1. The molecule has 1 unspecified atom stereocenters. The molecular formula is C31H30ClFN6OS. The molecule has 1 aliphatic rings. The standard InChI is InChI=1S/C31H30ClFN6OS/c1-3-27(30(40)38-15-13-37(14-16-38)23-9-6-8-22(32)18-23)41-31-34-29-28(35-36-31)24-17-20(2)11-12-26(24)39(29)19-21-7-4-5-10-25(21)33/h4-12,17-18,27H,3,13-16,19H2,1-2H3. The van der Waals surface area contributed by atoms with Crippen LogP contribution < -0.4 is 4.90 Å². The van der Waals surface area contributed by atoms with Gasteiger partial charge in [0.2, 0.25) is 11.1 Å². The van der Waals surface area contributed by atoms with Crippen LogP contribution in [0.5, 0.6) is 0 Å². The maximum atomic E-state index is 14.6. The van der Waals surface area contributed by atoms with Crippen LogP contribution in [0.25, 0.3) is 22.1 Å². The molecule has 2 aromatic heterocycles. The number of rotatable bonds is 7. The largest absolute Gasteiger partial charge is 0.368 e. The molecule has 1 atom stereocenters. The van der Waals surface area contributed by atoms with E-state index in [4.69, 9.17) is 16.6 Å². The van der Waals surface area contributed by atoms with Crippen LogP contribution in [0, 0.1) is 12.7 Å². The summed E-state index contributed by atoms with van der Waals surface area (Å²) in [5, 5.41) is 10.7. The molecule has 3 heterocycles. The minimum Gasteiger partial charge on any atom is -0.368 e. The molecule has 1 aliphatic heterocycles. The van der Waals surface area contributed by atoms with E-state index >= 15 is 0 Å². The summed E-state index contributed by atoms with van der Waals surface area (Å²) in [5.74, 6) is -0.187. The predicted octanol–water partition coefficient (Wildman–Crippen LogP) is 6.35. The molecule has 6 rings (SSSR count). The molecule has 0 bridgehead atoms. The third-order valence-corrected chi connectivity index (χ3v) is 8.99. The van der Waals surface area contributed by atoms with Gasteiger partial charge in [-0.05, 0) is 49.7 Å². The Kier molecular flexibility index (Phi) is 7.81. The minimum absolute atomic E-state index is 0.0782. The number of aryl methyl sites for hydroxylation is 1. The second kappa shape index (κ2) is 11.7. The Hall–Kier alpha value is -3.69. The smallest absolute Gasteiger partial charge is 0.236 e. The van der Waals surface area contributed by atoms with Crippen LogP contribution in [-0.4, -0.2) is 62.0 Å². The number of thioether (sulfide) groups is 1. The molecule has 1 amide bonds. The number of hydrogen-bond acceptors (Lipinski definition) is 6. The Morgan fingerprint density at radius 1 is 1.02 bits per heavy atom. The molecule has 0 spiro atoms. The van der Waals surface area contributed by atoms with Crippen molar-refractivity contribution in [3.63, 3.8) is 0 Å². The molecule has 210 valence electrons. The molecule has 0 saturated carbocycles. The van der Waals surface area contributed by atoms with E-state index in [1.54, 1.807) is 12.1 Å². The van der Waals surface area contributed by atoms with Crippen LogP contribution in [0.4, 0.5) is 10.1 Å². The molecule has 7 nitrogen and oxygen atoms in total. The fourth-order valence-electron chi connectivity index (χ4n) is 5.36. The van der Waals surface area contributed by atoms with E-state index < -0.39 is 0 Å². The molecule has 1 saturated heterocycles. The molecule has 0 N–H and O–H groups in total. The first-order chi connectivity index (χ1) is 19.9. The van der Waals surface area contributed by atoms with E-state index in [2.05, 4.69) is 21.2 Å². The van der Waals surface area contributed by atoms with Crippen molar-refractivity contribution in [1.82, 2.24) is 24.6 Å². The Morgan fingerprint density at radius 2 is 1.83 bits per heavy atom. The fourth-order valence-corrected chi connectivity index (χ4v) is 6.44. The summed E-state index contributed by atoms with van der Waals surface area (Å²) in [4.78, 5) is 22.6. The molecule has 3 aromatic carbocycles. The van der Waals surface area contributed by atoms with Gasteiger partial charge in [0.15, 0.2) is 5.65 Å². The van der Waals surface area contributed by atoms with Gasteiger partial charge in [0.25, 0.3) is 0 Å². The topological polar surface area (TPSA) is 67.2 Å². The monoisotopic (exact) mass is 588 g/mol. The van der Waals surface area contributed by atoms with E-state index in [0.717, 1.165) is 35.2 Å². The van der Waals surface area contributed by atoms with Gasteiger partial charge in [-0.2, -0.15) is 0 Å². The molecule has 10 heteroatoms. The van der Waals surface area contributed by atoms with Crippen molar-refractivity contribution >= 4 is 57.0 Å². The van der Waals surface area contributed by atoms with Gasteiger partial charge in [0, 0.05) is 47.8 Å². The van der Waals surface area contributed by atoms with Gasteiger partial charge in [-0.15, -0.1) is 10.2 Å². The first-order valence-corrected chi connectivity index (χ1v) is 15.0. The van der Waals surface area contributed by atoms with Gasteiger partial charge in [0.1, 0.15) is 11.3 Å². The lowest BCUT2D eigenvalue weighted by atomic mass is 10.1. The maximum Gasteiger partial charge on any atom is 0.236 e. The fraction of sp³-hybridized carbons (Fsp3) is 0.290. The molecule has 1 fully saturated rings. The Bertz CT molecular complexity index is 1740. The molecule has 0 aliphatic carbocycles. The van der Waals surface area contributed by atoms with Crippen molar-refractivity contribution in [3.8, 4) is 0 Å². The van der Waals surface area contributed by atoms with Crippen molar-refractivity contribution in [2.24, 2.45) is 0 Å². The van der Waals surface area contributed by atoms with Gasteiger partial charge in [0.05, 0.1) is 17.3 Å². The van der Waals surface area contributed by atoms with Gasteiger partial charge in [-0.3, -0.25) is 4.79 Å². The van der Waals surface area contributed by atoms with Crippen molar-refractivity contribution in [2.45, 2.75) is 37.2 Å². The summed E-state index contributed by atoms with van der Waals surface area (Å²) in [6.07, 6.45) is 0.636. The summed E-state index contributed by atoms with van der Waals surface area (Å²) in [5.41, 5.74) is 4.94. The normalized spacial score (nSPS) is 14.6. The van der Waals surface area contributed by atoms with E-state index in [1.165, 1.54) is 17.8 Å². The summed E-state index contributed by atoms with van der Waals surface area (Å²) in [6.45, 7) is 7.09. The average Bonchev–Trinajstić information content (AvgIpc) is 3.28. The Balaban J connectivity index is 1.24. The quantitative estimate of drug-likeness (QED) is 0.206. The molecular weight excluding hydrogens is 559 g/mol. The van der Waals surface area contributed by atoms with Gasteiger partial charge >= 0.3 is 0 Å². The van der Waals surface area contributed by atoms with Crippen molar-refractivity contribution < 1.29 is 9.18 Å². The van der Waals surface area contributed by atoms with Crippen LogP contribution in [0.2, 0.25) is 5.02 Å². The highest BCUT2D eigenvalue weighted by Crippen LogP contribution is 2.31. The van der Waals surface area contributed by atoms with Crippen LogP contribution in [0.1, 0.15) is 24.5 Å². The van der Waals surface area contributed by atoms with Gasteiger partial charge < -0.3 is 14.4 Å². The first kappa shape index (κ1) is 27.5. The number of carbonyl (C=O) groups excluding carboxylic acids is 1. The number of fused-ring (bicyclic) bond motifs is 3. The summed E-state index contributed by atoms with van der Waals surface area (Å²) < 4.78 is 16.6. The summed E-state index contributed by atoms with van der Waals surface area (Å²) in [6, 6.07) is 20.7. The average molecular weight is 589 g/mol. The Morgan fingerprint density at radius 3 is 2.59 bits per heavy atom. The predicted molar refractivity (Wildman–Crippen MR) is 163 cm³/mol. The summed E-state index contributed by atoms with van der Waals surface area (Å²) in [7, 11) is 0.